The number of benzene rings is 4. The van der Waals surface area contributed by atoms with Gasteiger partial charge < -0.3 is 18.1 Å². The first-order chi connectivity index (χ1) is 31.0. The van der Waals surface area contributed by atoms with Gasteiger partial charge in [0.1, 0.15) is 23.0 Å². The van der Waals surface area contributed by atoms with Gasteiger partial charge >= 0.3 is 17.2 Å². The van der Waals surface area contributed by atoms with E-state index in [2.05, 4.69) is 253 Å². The van der Waals surface area contributed by atoms with Crippen molar-refractivity contribution in [1.82, 2.24) is 0 Å². The van der Waals surface area contributed by atoms with Gasteiger partial charge in [-0.1, -0.05) is 215 Å². The Labute approximate surface area is 424 Å². The van der Waals surface area contributed by atoms with Gasteiger partial charge in [0.15, 0.2) is 0 Å². The van der Waals surface area contributed by atoms with Gasteiger partial charge in [0.25, 0.3) is 0 Å². The van der Waals surface area contributed by atoms with E-state index in [-0.39, 0.29) is 55.5 Å². The molecule has 0 N–H and O–H groups in total. The van der Waals surface area contributed by atoms with Crippen molar-refractivity contribution in [2.45, 2.75) is 242 Å². The van der Waals surface area contributed by atoms with Crippen LogP contribution in [0.1, 0.15) is 231 Å². The fourth-order valence-electron chi connectivity index (χ4n) is 7.94. The lowest BCUT2D eigenvalue weighted by molar-refractivity contribution is 0.114. The average molecular weight is 985 g/mol. The molecule has 0 fully saturated rings. The molecule has 69 heavy (non-hydrogen) atoms. The van der Waals surface area contributed by atoms with Gasteiger partial charge in [-0.2, -0.15) is 0 Å². The zero-order valence-electron chi connectivity index (χ0n) is 48.1. The number of rotatable bonds is 14. The summed E-state index contributed by atoms with van der Waals surface area (Å²) in [6.07, 6.45) is -0.158. The van der Waals surface area contributed by atoms with Crippen molar-refractivity contribution in [3.05, 3.63) is 117 Å². The van der Waals surface area contributed by atoms with Crippen molar-refractivity contribution in [3.63, 3.8) is 0 Å². The van der Waals surface area contributed by atoms with Crippen molar-refractivity contribution in [3.8, 4) is 23.0 Å². The molecule has 6 nitrogen and oxygen atoms in total. The molecule has 2 unspecified atom stereocenters. The number of hydrogen-bond donors (Lipinski definition) is 0. The standard InChI is InChI=1S/C61H94O6P2/c1-40(62-68(64-50-31-27-42(54(3,4)5)36-46(50)58(15,16)17)65-51-32-28-43(55(6,7)8)37-47(51)59(18,19)20)35-41(2)63-69(66-52-33-29-44(56(9,10)11)38-48(52)60(21,22)23)67-53-34-30-45(57(12,13)14)39-49(53)61(24,25)26/h27-34,36-41H,35H2,1-26H3. The summed E-state index contributed by atoms with van der Waals surface area (Å²) in [6, 6.07) is 26.2. The summed E-state index contributed by atoms with van der Waals surface area (Å²) in [6.45, 7) is 57.8. The summed E-state index contributed by atoms with van der Waals surface area (Å²) in [5, 5.41) is 0. The van der Waals surface area contributed by atoms with Gasteiger partial charge in [-0.15, -0.1) is 0 Å². The quantitative estimate of drug-likeness (QED) is 0.117. The van der Waals surface area contributed by atoms with E-state index in [1.807, 2.05) is 0 Å². The molecule has 0 radical (unpaired) electrons. The average Bonchev–Trinajstić information content (AvgIpc) is 3.14. The molecule has 0 aromatic heterocycles. The smallest absolute Gasteiger partial charge is 0.417 e. The van der Waals surface area contributed by atoms with Crippen LogP contribution in [0.3, 0.4) is 0 Å². The van der Waals surface area contributed by atoms with Gasteiger partial charge in [-0.25, -0.2) is 0 Å². The van der Waals surface area contributed by atoms with Gasteiger partial charge in [-0.05, 0) is 104 Å². The predicted octanol–water partition coefficient (Wildman–Crippen LogP) is 19.3. The third-order valence-electron chi connectivity index (χ3n) is 12.5. The third kappa shape index (κ3) is 16.4. The minimum Gasteiger partial charge on any atom is -0.417 e. The highest BCUT2D eigenvalue weighted by atomic mass is 31.2. The highest BCUT2D eigenvalue weighted by Crippen LogP contribution is 2.52. The van der Waals surface area contributed by atoms with E-state index >= 15 is 0 Å². The summed E-state index contributed by atoms with van der Waals surface area (Å²) in [7, 11) is -3.92. The fraction of sp³-hybridized carbons (Fsp3) is 0.607. The maximum Gasteiger partial charge on any atom is 0.463 e. The molecule has 384 valence electrons. The van der Waals surface area contributed by atoms with Crippen LogP contribution in [-0.2, 0) is 52.4 Å². The summed E-state index contributed by atoms with van der Waals surface area (Å²) >= 11 is 0. The molecule has 8 heteroatoms. The molecule has 4 aromatic rings. The van der Waals surface area contributed by atoms with Crippen molar-refractivity contribution in [2.75, 3.05) is 0 Å². The minimum absolute atomic E-state index is 0.0292. The second kappa shape index (κ2) is 21.1. The Bertz CT molecular complexity index is 2020. The van der Waals surface area contributed by atoms with Crippen LogP contribution in [0.15, 0.2) is 72.8 Å². The molecular weight excluding hydrogens is 891 g/mol. The van der Waals surface area contributed by atoms with E-state index in [1.54, 1.807) is 0 Å². The molecule has 0 saturated carbocycles. The monoisotopic (exact) mass is 985 g/mol. The van der Waals surface area contributed by atoms with Gasteiger partial charge in [0, 0.05) is 28.7 Å². The SMILES string of the molecule is CC(CC(C)OP(Oc1ccc(C(C)(C)C)cc1C(C)(C)C)Oc1ccc(C(C)(C)C)cc1C(C)(C)C)OP(Oc1ccc(C(C)(C)C)cc1C(C)(C)C)Oc1ccc(C(C)(C)C)cc1C(C)(C)C. The van der Waals surface area contributed by atoms with E-state index < -0.39 is 17.2 Å². The van der Waals surface area contributed by atoms with E-state index in [1.165, 1.54) is 22.3 Å². The Morgan fingerprint density at radius 2 is 0.493 bits per heavy atom. The van der Waals surface area contributed by atoms with Gasteiger partial charge in [0.05, 0.1) is 12.2 Å². The molecule has 0 aliphatic carbocycles. The molecule has 4 rings (SSSR count). The highest BCUT2D eigenvalue weighted by Gasteiger charge is 2.34. The van der Waals surface area contributed by atoms with Gasteiger partial charge in [0.2, 0.25) is 0 Å². The first-order valence-corrected chi connectivity index (χ1v) is 27.5. The molecule has 0 aliphatic rings. The van der Waals surface area contributed by atoms with Crippen LogP contribution in [0.2, 0.25) is 0 Å². The van der Waals surface area contributed by atoms with Crippen LogP contribution in [-0.4, -0.2) is 12.2 Å². The lowest BCUT2D eigenvalue weighted by atomic mass is 9.80. The van der Waals surface area contributed by atoms with E-state index in [9.17, 15) is 0 Å². The maximum atomic E-state index is 6.99. The highest BCUT2D eigenvalue weighted by molar-refractivity contribution is 7.43. The molecule has 2 atom stereocenters. The zero-order valence-corrected chi connectivity index (χ0v) is 49.9. The zero-order chi connectivity index (χ0) is 52.7. The summed E-state index contributed by atoms with van der Waals surface area (Å²) in [5.74, 6) is 3.02. The topological polar surface area (TPSA) is 55.4 Å². The normalized spacial score (nSPS) is 14.6. The Morgan fingerprint density at radius 3 is 0.652 bits per heavy atom. The third-order valence-corrected chi connectivity index (χ3v) is 14.9. The molecular formula is C61H94O6P2. The van der Waals surface area contributed by atoms with Crippen LogP contribution in [0.5, 0.6) is 23.0 Å². The summed E-state index contributed by atoms with van der Waals surface area (Å²) in [4.78, 5) is 0. The van der Waals surface area contributed by atoms with Crippen LogP contribution in [0.4, 0.5) is 0 Å². The predicted molar refractivity (Wildman–Crippen MR) is 297 cm³/mol. The van der Waals surface area contributed by atoms with Crippen LogP contribution in [0.25, 0.3) is 0 Å². The Morgan fingerprint density at radius 1 is 0.304 bits per heavy atom. The summed E-state index contributed by atoms with van der Waals surface area (Å²) in [5.41, 5.74) is 8.49. The Balaban J connectivity index is 1.78. The maximum absolute atomic E-state index is 6.99. The molecule has 0 spiro atoms. The van der Waals surface area contributed by atoms with Crippen LogP contribution >= 0.6 is 17.2 Å². The van der Waals surface area contributed by atoms with Gasteiger partial charge in [-0.3, -0.25) is 9.05 Å². The number of hydrogen-bond acceptors (Lipinski definition) is 6. The van der Waals surface area contributed by atoms with Crippen molar-refractivity contribution in [1.29, 1.82) is 0 Å². The van der Waals surface area contributed by atoms with Crippen molar-refractivity contribution >= 4 is 17.2 Å². The summed E-state index contributed by atoms with van der Waals surface area (Å²) < 4.78 is 41.9. The largest absolute Gasteiger partial charge is 0.463 e. The molecule has 0 bridgehead atoms. The van der Waals surface area contributed by atoms with Crippen molar-refractivity contribution in [2.24, 2.45) is 0 Å². The van der Waals surface area contributed by atoms with Crippen molar-refractivity contribution < 1.29 is 27.1 Å². The Hall–Kier alpha value is -3.14. The lowest BCUT2D eigenvalue weighted by Crippen LogP contribution is -2.21. The lowest BCUT2D eigenvalue weighted by Gasteiger charge is -2.31. The van der Waals surface area contributed by atoms with E-state index in [4.69, 9.17) is 27.1 Å². The molecule has 0 amide bonds. The second-order valence-corrected chi connectivity index (χ2v) is 29.8. The molecule has 4 aromatic carbocycles. The fourth-order valence-corrected chi connectivity index (χ4v) is 10.2. The first-order valence-electron chi connectivity index (χ1n) is 25.3. The van der Waals surface area contributed by atoms with E-state index in [0.717, 1.165) is 45.3 Å². The van der Waals surface area contributed by atoms with E-state index in [0.29, 0.717) is 6.42 Å². The first kappa shape index (κ1) is 58.4. The van der Waals surface area contributed by atoms with Crippen LogP contribution in [0, 0.1) is 0 Å². The Kier molecular flexibility index (Phi) is 17.9. The second-order valence-electron chi connectivity index (χ2n) is 27.7. The molecule has 0 aliphatic heterocycles. The minimum atomic E-state index is -1.96. The van der Waals surface area contributed by atoms with Crippen LogP contribution < -0.4 is 18.1 Å². The molecule has 0 saturated heterocycles. The molecule has 0 heterocycles.